The Morgan fingerprint density at radius 1 is 1.17 bits per heavy atom. The van der Waals surface area contributed by atoms with E-state index in [9.17, 15) is 9.59 Å². The molecule has 4 atom stereocenters. The summed E-state index contributed by atoms with van der Waals surface area (Å²) in [4.78, 5) is 23.3. The van der Waals surface area contributed by atoms with Crippen LogP contribution < -0.4 is 5.32 Å². The smallest absolute Gasteiger partial charge is 0.308 e. The Labute approximate surface area is 107 Å². The van der Waals surface area contributed by atoms with Crippen LogP contribution in [0.5, 0.6) is 0 Å². The van der Waals surface area contributed by atoms with Crippen LogP contribution in [-0.4, -0.2) is 35.7 Å². The summed E-state index contributed by atoms with van der Waals surface area (Å²) in [6.45, 7) is 2.51. The van der Waals surface area contributed by atoms with Crippen molar-refractivity contribution in [3.05, 3.63) is 0 Å². The SMILES string of the molecule is CC1OCCC1C(=O)NC1CCCCC1C(=O)O. The maximum absolute atomic E-state index is 12.1. The van der Waals surface area contributed by atoms with Gasteiger partial charge in [0.25, 0.3) is 0 Å². The molecule has 2 rings (SSSR count). The minimum atomic E-state index is -0.796. The Hall–Kier alpha value is -1.10. The molecular formula is C13H21NO4. The highest BCUT2D eigenvalue weighted by molar-refractivity contribution is 5.81. The summed E-state index contributed by atoms with van der Waals surface area (Å²) in [6, 6.07) is -0.212. The second kappa shape index (κ2) is 5.69. The Kier molecular flexibility index (Phi) is 4.22. The van der Waals surface area contributed by atoms with Crippen LogP contribution in [0.2, 0.25) is 0 Å². The van der Waals surface area contributed by atoms with E-state index in [0.29, 0.717) is 13.0 Å². The van der Waals surface area contributed by atoms with Gasteiger partial charge >= 0.3 is 5.97 Å². The highest BCUT2D eigenvalue weighted by Crippen LogP contribution is 2.26. The molecule has 4 unspecified atom stereocenters. The first-order valence-corrected chi connectivity index (χ1v) is 6.74. The van der Waals surface area contributed by atoms with Gasteiger partial charge in [-0.05, 0) is 26.2 Å². The van der Waals surface area contributed by atoms with Crippen molar-refractivity contribution in [3.63, 3.8) is 0 Å². The summed E-state index contributed by atoms with van der Waals surface area (Å²) >= 11 is 0. The van der Waals surface area contributed by atoms with E-state index in [1.54, 1.807) is 0 Å². The molecule has 1 amide bonds. The Morgan fingerprint density at radius 2 is 1.89 bits per heavy atom. The summed E-state index contributed by atoms with van der Waals surface area (Å²) < 4.78 is 5.37. The molecule has 1 aliphatic carbocycles. The molecule has 0 spiro atoms. The number of carboxylic acids is 1. The molecule has 0 bridgehead atoms. The van der Waals surface area contributed by atoms with Crippen molar-refractivity contribution in [2.45, 2.75) is 51.2 Å². The van der Waals surface area contributed by atoms with E-state index in [0.717, 1.165) is 25.7 Å². The molecule has 5 nitrogen and oxygen atoms in total. The van der Waals surface area contributed by atoms with Gasteiger partial charge < -0.3 is 15.2 Å². The monoisotopic (exact) mass is 255 g/mol. The van der Waals surface area contributed by atoms with Gasteiger partial charge in [-0.1, -0.05) is 12.8 Å². The van der Waals surface area contributed by atoms with E-state index in [-0.39, 0.29) is 24.0 Å². The zero-order valence-electron chi connectivity index (χ0n) is 10.7. The number of carbonyl (C=O) groups excluding carboxylic acids is 1. The third kappa shape index (κ3) is 2.83. The molecule has 5 heteroatoms. The fourth-order valence-electron chi connectivity index (χ4n) is 2.97. The Morgan fingerprint density at radius 3 is 2.50 bits per heavy atom. The van der Waals surface area contributed by atoms with Crippen molar-refractivity contribution in [3.8, 4) is 0 Å². The number of carbonyl (C=O) groups is 2. The third-order valence-electron chi connectivity index (χ3n) is 4.12. The second-order valence-corrected chi connectivity index (χ2v) is 5.32. The first-order valence-electron chi connectivity index (χ1n) is 6.74. The summed E-state index contributed by atoms with van der Waals surface area (Å²) in [5.74, 6) is -1.39. The van der Waals surface area contributed by atoms with Crippen molar-refractivity contribution < 1.29 is 19.4 Å². The average molecular weight is 255 g/mol. The lowest BCUT2D eigenvalue weighted by atomic mass is 9.84. The average Bonchev–Trinajstić information content (AvgIpc) is 2.76. The molecule has 2 aliphatic rings. The van der Waals surface area contributed by atoms with Crippen molar-refractivity contribution in [1.29, 1.82) is 0 Å². The van der Waals surface area contributed by atoms with Gasteiger partial charge in [0.1, 0.15) is 0 Å². The van der Waals surface area contributed by atoms with Crippen LogP contribution in [-0.2, 0) is 14.3 Å². The van der Waals surface area contributed by atoms with Crippen LogP contribution in [0.1, 0.15) is 39.0 Å². The predicted molar refractivity (Wildman–Crippen MR) is 65.0 cm³/mol. The number of aliphatic carboxylic acids is 1. The lowest BCUT2D eigenvalue weighted by Crippen LogP contribution is -2.48. The van der Waals surface area contributed by atoms with Gasteiger partial charge in [-0.15, -0.1) is 0 Å². The number of nitrogens with one attached hydrogen (secondary N) is 1. The van der Waals surface area contributed by atoms with E-state index in [4.69, 9.17) is 9.84 Å². The third-order valence-corrected chi connectivity index (χ3v) is 4.12. The van der Waals surface area contributed by atoms with Crippen LogP contribution in [0.3, 0.4) is 0 Å². The molecular weight excluding hydrogens is 234 g/mol. The molecule has 1 saturated heterocycles. The van der Waals surface area contributed by atoms with Crippen LogP contribution in [0.15, 0.2) is 0 Å². The number of carboxylic acid groups (broad SMARTS) is 1. The molecule has 0 aromatic carbocycles. The van der Waals surface area contributed by atoms with Gasteiger partial charge in [-0.25, -0.2) is 0 Å². The largest absolute Gasteiger partial charge is 0.481 e. The van der Waals surface area contributed by atoms with E-state index >= 15 is 0 Å². The summed E-state index contributed by atoms with van der Waals surface area (Å²) in [5, 5.41) is 12.1. The molecule has 1 saturated carbocycles. The lowest BCUT2D eigenvalue weighted by Gasteiger charge is -2.30. The van der Waals surface area contributed by atoms with Gasteiger partial charge in [-0.2, -0.15) is 0 Å². The van der Waals surface area contributed by atoms with Crippen LogP contribution in [0.25, 0.3) is 0 Å². The minimum Gasteiger partial charge on any atom is -0.481 e. The minimum absolute atomic E-state index is 0.0434. The number of ether oxygens (including phenoxy) is 1. The zero-order chi connectivity index (χ0) is 13.1. The molecule has 102 valence electrons. The molecule has 2 N–H and O–H groups in total. The van der Waals surface area contributed by atoms with Gasteiger partial charge in [-0.3, -0.25) is 9.59 Å². The highest BCUT2D eigenvalue weighted by Gasteiger charge is 2.36. The van der Waals surface area contributed by atoms with E-state index in [1.165, 1.54) is 0 Å². The quantitative estimate of drug-likeness (QED) is 0.793. The number of rotatable bonds is 3. The Balaban J connectivity index is 1.94. The van der Waals surface area contributed by atoms with Crippen molar-refractivity contribution in [1.82, 2.24) is 5.32 Å². The molecule has 0 radical (unpaired) electrons. The molecule has 1 heterocycles. The van der Waals surface area contributed by atoms with Gasteiger partial charge in [0, 0.05) is 12.6 Å². The predicted octanol–water partition coefficient (Wildman–Crippen LogP) is 1.17. The standard InChI is InChI=1S/C13H21NO4/c1-8-9(6-7-18-8)12(15)14-11-5-3-2-4-10(11)13(16)17/h8-11H,2-7H2,1H3,(H,14,15)(H,16,17). The van der Waals surface area contributed by atoms with Crippen molar-refractivity contribution >= 4 is 11.9 Å². The van der Waals surface area contributed by atoms with E-state index in [2.05, 4.69) is 5.32 Å². The topological polar surface area (TPSA) is 75.6 Å². The normalized spacial score (nSPS) is 36.3. The molecule has 0 aromatic rings. The molecule has 0 aromatic heterocycles. The maximum Gasteiger partial charge on any atom is 0.308 e. The summed E-state index contributed by atoms with van der Waals surface area (Å²) in [7, 11) is 0. The first-order chi connectivity index (χ1) is 8.59. The Bertz CT molecular complexity index is 331. The van der Waals surface area contributed by atoms with Crippen LogP contribution in [0.4, 0.5) is 0 Å². The zero-order valence-corrected chi connectivity index (χ0v) is 10.7. The lowest BCUT2D eigenvalue weighted by molar-refractivity contribution is -0.144. The number of hydrogen-bond acceptors (Lipinski definition) is 3. The molecule has 1 aliphatic heterocycles. The number of amides is 1. The van der Waals surface area contributed by atoms with E-state index in [1.807, 2.05) is 6.92 Å². The fraction of sp³-hybridized carbons (Fsp3) is 0.846. The maximum atomic E-state index is 12.1. The van der Waals surface area contributed by atoms with Crippen LogP contribution in [0, 0.1) is 11.8 Å². The van der Waals surface area contributed by atoms with Gasteiger partial charge in [0.15, 0.2) is 0 Å². The van der Waals surface area contributed by atoms with Crippen molar-refractivity contribution in [2.75, 3.05) is 6.61 Å². The van der Waals surface area contributed by atoms with Gasteiger partial charge in [0.05, 0.1) is 17.9 Å². The summed E-state index contributed by atoms with van der Waals surface area (Å²) in [5.41, 5.74) is 0. The summed E-state index contributed by atoms with van der Waals surface area (Å²) in [6.07, 6.45) is 4.04. The highest BCUT2D eigenvalue weighted by atomic mass is 16.5. The second-order valence-electron chi connectivity index (χ2n) is 5.32. The number of hydrogen-bond donors (Lipinski definition) is 2. The fourth-order valence-corrected chi connectivity index (χ4v) is 2.97. The van der Waals surface area contributed by atoms with E-state index < -0.39 is 11.9 Å². The van der Waals surface area contributed by atoms with Crippen molar-refractivity contribution in [2.24, 2.45) is 11.8 Å². The van der Waals surface area contributed by atoms with Gasteiger partial charge in [0.2, 0.25) is 5.91 Å². The molecule has 2 fully saturated rings. The first kappa shape index (κ1) is 13.3. The van der Waals surface area contributed by atoms with Crippen LogP contribution >= 0.6 is 0 Å². The molecule has 18 heavy (non-hydrogen) atoms.